The lowest BCUT2D eigenvalue weighted by molar-refractivity contribution is -0.143. The number of fused-ring (bicyclic) bond motifs is 1. The van der Waals surface area contributed by atoms with E-state index >= 15 is 0 Å². The van der Waals surface area contributed by atoms with Crippen LogP contribution >= 0.6 is 0 Å². The van der Waals surface area contributed by atoms with Crippen LogP contribution in [0.15, 0.2) is 30.5 Å². The summed E-state index contributed by atoms with van der Waals surface area (Å²) < 4.78 is 0. The number of aromatic nitrogens is 1. The van der Waals surface area contributed by atoms with Crippen molar-refractivity contribution in [2.24, 2.45) is 17.4 Å². The molecule has 0 radical (unpaired) electrons. The molecule has 0 fully saturated rings. The Morgan fingerprint density at radius 3 is 2.11 bits per heavy atom. The molecule has 4 atom stereocenters. The Bertz CT molecular complexity index is 1100. The standard InChI is InChI=1S/C23H32N6O6/c1-11(2)19(23(34)35)29-22(33)17(9-18(25)30)28-21(32)16(27-20(31)12(3)24)8-13-10-26-15-7-5-4-6-14(13)15/h4-7,10-12,16-17,19,26H,8-9,24H2,1-3H3,(H2,25,30)(H,27,31)(H,28,32)(H,29,33)(H,34,35). The van der Waals surface area contributed by atoms with Gasteiger partial charge in [-0.1, -0.05) is 32.0 Å². The second-order valence-electron chi connectivity index (χ2n) is 8.71. The quantitative estimate of drug-likeness (QED) is 0.200. The van der Waals surface area contributed by atoms with Crippen molar-refractivity contribution in [3.8, 4) is 0 Å². The smallest absolute Gasteiger partial charge is 0.326 e. The van der Waals surface area contributed by atoms with Crippen LogP contribution in [0.1, 0.15) is 32.8 Å². The molecule has 4 unspecified atom stereocenters. The minimum atomic E-state index is -1.45. The molecule has 190 valence electrons. The maximum Gasteiger partial charge on any atom is 0.326 e. The van der Waals surface area contributed by atoms with Gasteiger partial charge in [-0.2, -0.15) is 0 Å². The van der Waals surface area contributed by atoms with Gasteiger partial charge in [0, 0.05) is 23.5 Å². The fraction of sp³-hybridized carbons (Fsp3) is 0.435. The summed E-state index contributed by atoms with van der Waals surface area (Å²) in [7, 11) is 0. The van der Waals surface area contributed by atoms with Gasteiger partial charge in [0.25, 0.3) is 0 Å². The summed E-state index contributed by atoms with van der Waals surface area (Å²) in [5.74, 6) is -4.84. The minimum absolute atomic E-state index is 0.0585. The molecule has 0 saturated heterocycles. The largest absolute Gasteiger partial charge is 0.480 e. The molecule has 2 aromatic rings. The zero-order valence-corrected chi connectivity index (χ0v) is 19.8. The second kappa shape index (κ2) is 12.0. The van der Waals surface area contributed by atoms with Gasteiger partial charge in [0.1, 0.15) is 18.1 Å². The fourth-order valence-corrected chi connectivity index (χ4v) is 3.48. The lowest BCUT2D eigenvalue weighted by atomic mass is 10.0. The lowest BCUT2D eigenvalue weighted by Crippen LogP contribution is -2.58. The fourth-order valence-electron chi connectivity index (χ4n) is 3.48. The number of para-hydroxylation sites is 1. The third kappa shape index (κ3) is 7.54. The highest BCUT2D eigenvalue weighted by Gasteiger charge is 2.32. The summed E-state index contributed by atoms with van der Waals surface area (Å²) in [5, 5.41) is 17.5. The number of benzene rings is 1. The van der Waals surface area contributed by atoms with E-state index in [1.165, 1.54) is 6.92 Å². The number of amides is 4. The first kappa shape index (κ1) is 27.3. The van der Waals surface area contributed by atoms with Crippen molar-refractivity contribution in [3.63, 3.8) is 0 Å². The maximum absolute atomic E-state index is 13.2. The molecule has 0 aliphatic rings. The number of H-pyrrole nitrogens is 1. The van der Waals surface area contributed by atoms with Crippen LogP contribution < -0.4 is 27.4 Å². The average molecular weight is 489 g/mol. The molecule has 9 N–H and O–H groups in total. The summed E-state index contributed by atoms with van der Waals surface area (Å²) in [5.41, 5.74) is 12.5. The molecule has 1 aromatic heterocycles. The van der Waals surface area contributed by atoms with Gasteiger partial charge in [0.2, 0.25) is 23.6 Å². The summed E-state index contributed by atoms with van der Waals surface area (Å²) in [4.78, 5) is 64.4. The summed E-state index contributed by atoms with van der Waals surface area (Å²) in [6, 6.07) is 2.65. The van der Waals surface area contributed by atoms with E-state index in [4.69, 9.17) is 11.5 Å². The molecule has 4 amide bonds. The molecular formula is C23H32N6O6. The number of carbonyl (C=O) groups is 5. The molecule has 0 aliphatic heterocycles. The monoisotopic (exact) mass is 488 g/mol. The molecule has 1 aromatic carbocycles. The van der Waals surface area contributed by atoms with Gasteiger partial charge in [-0.15, -0.1) is 0 Å². The van der Waals surface area contributed by atoms with Gasteiger partial charge in [0.05, 0.1) is 12.5 Å². The van der Waals surface area contributed by atoms with E-state index < -0.39 is 66.1 Å². The van der Waals surface area contributed by atoms with E-state index in [0.717, 1.165) is 16.5 Å². The molecule has 1 heterocycles. The normalized spacial score (nSPS) is 14.5. The number of hydrogen-bond acceptors (Lipinski definition) is 6. The Morgan fingerprint density at radius 1 is 0.943 bits per heavy atom. The van der Waals surface area contributed by atoms with Crippen LogP contribution in [0.5, 0.6) is 0 Å². The molecule has 0 bridgehead atoms. The Hall–Kier alpha value is -3.93. The second-order valence-corrected chi connectivity index (χ2v) is 8.71. The van der Waals surface area contributed by atoms with E-state index in [1.54, 1.807) is 20.0 Å². The van der Waals surface area contributed by atoms with Crippen molar-refractivity contribution in [3.05, 3.63) is 36.0 Å². The number of primary amides is 1. The molecule has 12 heteroatoms. The predicted molar refractivity (Wildman–Crippen MR) is 128 cm³/mol. The highest BCUT2D eigenvalue weighted by molar-refractivity contribution is 5.96. The summed E-state index contributed by atoms with van der Waals surface area (Å²) in [6.07, 6.45) is 1.20. The van der Waals surface area contributed by atoms with E-state index in [0.29, 0.717) is 0 Å². The number of aliphatic carboxylic acids is 1. The molecule has 0 saturated carbocycles. The summed E-state index contributed by atoms with van der Waals surface area (Å²) >= 11 is 0. The van der Waals surface area contributed by atoms with Gasteiger partial charge in [0.15, 0.2) is 0 Å². The maximum atomic E-state index is 13.2. The van der Waals surface area contributed by atoms with Crippen LogP contribution in [0.25, 0.3) is 10.9 Å². The van der Waals surface area contributed by atoms with E-state index in [1.807, 2.05) is 24.3 Å². The molecule has 12 nitrogen and oxygen atoms in total. The number of carboxylic acids is 1. The van der Waals surface area contributed by atoms with Crippen molar-refractivity contribution in [2.45, 2.75) is 57.8 Å². The van der Waals surface area contributed by atoms with Crippen LogP contribution in [0, 0.1) is 5.92 Å². The van der Waals surface area contributed by atoms with Crippen LogP contribution in [0.3, 0.4) is 0 Å². The van der Waals surface area contributed by atoms with Crippen LogP contribution in [-0.4, -0.2) is 63.9 Å². The van der Waals surface area contributed by atoms with E-state index in [2.05, 4.69) is 20.9 Å². The zero-order chi connectivity index (χ0) is 26.3. The van der Waals surface area contributed by atoms with Gasteiger partial charge in [-0.05, 0) is 24.5 Å². The number of carbonyl (C=O) groups excluding carboxylic acids is 4. The van der Waals surface area contributed by atoms with Crippen LogP contribution in [-0.2, 0) is 30.4 Å². The van der Waals surface area contributed by atoms with Gasteiger partial charge >= 0.3 is 5.97 Å². The molecule has 35 heavy (non-hydrogen) atoms. The molecule has 0 aliphatic carbocycles. The summed E-state index contributed by atoms with van der Waals surface area (Å²) in [6.45, 7) is 4.65. The molecular weight excluding hydrogens is 456 g/mol. The topological polar surface area (TPSA) is 209 Å². The van der Waals surface area contributed by atoms with E-state index in [9.17, 15) is 29.1 Å². The van der Waals surface area contributed by atoms with Gasteiger partial charge in [-0.25, -0.2) is 4.79 Å². The average Bonchev–Trinajstić information content (AvgIpc) is 3.18. The molecule has 0 spiro atoms. The highest BCUT2D eigenvalue weighted by Crippen LogP contribution is 2.19. The van der Waals surface area contributed by atoms with Crippen LogP contribution in [0.4, 0.5) is 0 Å². The lowest BCUT2D eigenvalue weighted by Gasteiger charge is -2.25. The Balaban J connectivity index is 2.28. The van der Waals surface area contributed by atoms with E-state index in [-0.39, 0.29) is 6.42 Å². The van der Waals surface area contributed by atoms with Crippen molar-refractivity contribution < 1.29 is 29.1 Å². The SMILES string of the molecule is CC(N)C(=O)NC(Cc1c[nH]c2ccccc12)C(=O)NC(CC(N)=O)C(=O)NC(C(=O)O)C(C)C. The Kier molecular flexibility index (Phi) is 9.34. The van der Waals surface area contributed by atoms with Crippen molar-refractivity contribution >= 4 is 40.5 Å². The Labute approximate surface area is 202 Å². The first-order valence-electron chi connectivity index (χ1n) is 11.1. The number of nitrogens with two attached hydrogens (primary N) is 2. The third-order valence-electron chi connectivity index (χ3n) is 5.41. The first-order valence-corrected chi connectivity index (χ1v) is 11.1. The van der Waals surface area contributed by atoms with Crippen molar-refractivity contribution in [2.75, 3.05) is 0 Å². The van der Waals surface area contributed by atoms with Gasteiger partial charge in [-0.3, -0.25) is 19.2 Å². The van der Waals surface area contributed by atoms with Crippen molar-refractivity contribution in [1.29, 1.82) is 0 Å². The number of carboxylic acid groups (broad SMARTS) is 1. The minimum Gasteiger partial charge on any atom is -0.480 e. The van der Waals surface area contributed by atoms with Crippen LogP contribution in [0.2, 0.25) is 0 Å². The number of hydrogen-bond donors (Lipinski definition) is 7. The predicted octanol–water partition coefficient (Wildman–Crippen LogP) is -0.872. The highest BCUT2D eigenvalue weighted by atomic mass is 16.4. The zero-order valence-electron chi connectivity index (χ0n) is 19.8. The third-order valence-corrected chi connectivity index (χ3v) is 5.41. The Morgan fingerprint density at radius 2 is 1.54 bits per heavy atom. The number of aromatic amines is 1. The molecule has 2 rings (SSSR count). The number of rotatable bonds is 12. The first-order chi connectivity index (χ1) is 16.4. The number of nitrogens with one attached hydrogen (secondary N) is 4. The van der Waals surface area contributed by atoms with Crippen molar-refractivity contribution in [1.82, 2.24) is 20.9 Å². The van der Waals surface area contributed by atoms with Gasteiger partial charge < -0.3 is 37.5 Å².